The first-order chi connectivity index (χ1) is 13.0. The third kappa shape index (κ3) is 5.63. The average molecular weight is 389 g/mol. The largest absolute Gasteiger partial charge is 0.345 e. The van der Waals surface area contributed by atoms with Crippen molar-refractivity contribution in [3.05, 3.63) is 52.2 Å². The van der Waals surface area contributed by atoms with Crippen molar-refractivity contribution in [2.45, 2.75) is 6.54 Å². The van der Waals surface area contributed by atoms with E-state index in [-0.39, 0.29) is 11.8 Å². The van der Waals surface area contributed by atoms with E-state index < -0.39 is 0 Å². The SMILES string of the molecule is CN(C)C(=O)c1ccc(NC(=O)C[NH+]2CC[NH+](Cc3cccs3)CC2)cc1. The lowest BCUT2D eigenvalue weighted by molar-refractivity contribution is -1.01. The van der Waals surface area contributed by atoms with Crippen LogP contribution in [0.3, 0.4) is 0 Å². The zero-order valence-electron chi connectivity index (χ0n) is 16.0. The summed E-state index contributed by atoms with van der Waals surface area (Å²) in [6.07, 6.45) is 0. The summed E-state index contributed by atoms with van der Waals surface area (Å²) in [4.78, 5) is 30.1. The van der Waals surface area contributed by atoms with Gasteiger partial charge in [-0.2, -0.15) is 0 Å². The standard InChI is InChI=1S/C20H26N4O2S/c1-22(2)20(26)16-5-7-17(8-6-16)21-19(25)15-24-11-9-23(10-12-24)14-18-4-3-13-27-18/h3-8,13H,9-12,14-15H2,1-2H3,(H,21,25)/p+2. The van der Waals surface area contributed by atoms with Crippen LogP contribution < -0.4 is 15.1 Å². The van der Waals surface area contributed by atoms with Crippen molar-refractivity contribution in [3.63, 3.8) is 0 Å². The number of carbonyl (C=O) groups is 2. The molecular formula is C20H28N4O2S+2. The Morgan fingerprint density at radius 2 is 1.70 bits per heavy atom. The van der Waals surface area contributed by atoms with Gasteiger partial charge in [0.2, 0.25) is 0 Å². The van der Waals surface area contributed by atoms with E-state index in [0.29, 0.717) is 12.1 Å². The molecule has 144 valence electrons. The summed E-state index contributed by atoms with van der Waals surface area (Å²) in [5.74, 6) is -0.0152. The Balaban J connectivity index is 1.42. The number of anilines is 1. The van der Waals surface area contributed by atoms with Crippen molar-refractivity contribution in [1.82, 2.24) is 4.90 Å². The van der Waals surface area contributed by atoms with Gasteiger partial charge < -0.3 is 20.0 Å². The third-order valence-electron chi connectivity index (χ3n) is 4.90. The highest BCUT2D eigenvalue weighted by molar-refractivity contribution is 7.09. The summed E-state index contributed by atoms with van der Waals surface area (Å²) >= 11 is 1.82. The molecule has 0 radical (unpaired) electrons. The lowest BCUT2D eigenvalue weighted by Gasteiger charge is -2.29. The lowest BCUT2D eigenvalue weighted by Crippen LogP contribution is -3.28. The average Bonchev–Trinajstić information content (AvgIpc) is 3.16. The molecule has 1 aromatic heterocycles. The maximum absolute atomic E-state index is 12.3. The molecule has 1 fully saturated rings. The molecule has 3 rings (SSSR count). The Kier molecular flexibility index (Phi) is 6.60. The van der Waals surface area contributed by atoms with Crippen LogP contribution in [0.2, 0.25) is 0 Å². The maximum Gasteiger partial charge on any atom is 0.279 e. The van der Waals surface area contributed by atoms with Crippen LogP contribution >= 0.6 is 11.3 Å². The van der Waals surface area contributed by atoms with Gasteiger partial charge in [0, 0.05) is 25.3 Å². The van der Waals surface area contributed by atoms with E-state index in [1.807, 2.05) is 11.3 Å². The molecule has 6 nitrogen and oxygen atoms in total. The molecule has 1 aliphatic heterocycles. The molecule has 2 aromatic rings. The Morgan fingerprint density at radius 3 is 2.30 bits per heavy atom. The van der Waals surface area contributed by atoms with Crippen LogP contribution in [0, 0.1) is 0 Å². The molecule has 7 heteroatoms. The van der Waals surface area contributed by atoms with Gasteiger partial charge in [-0.3, -0.25) is 9.59 Å². The van der Waals surface area contributed by atoms with Crippen molar-refractivity contribution in [2.75, 3.05) is 52.1 Å². The van der Waals surface area contributed by atoms with Gasteiger partial charge in [-0.25, -0.2) is 0 Å². The monoisotopic (exact) mass is 388 g/mol. The zero-order chi connectivity index (χ0) is 19.2. The number of nitrogens with zero attached hydrogens (tertiary/aromatic N) is 1. The van der Waals surface area contributed by atoms with Crippen molar-refractivity contribution in [2.24, 2.45) is 0 Å². The second-order valence-electron chi connectivity index (χ2n) is 7.26. The summed E-state index contributed by atoms with van der Waals surface area (Å²) in [7, 11) is 3.45. The summed E-state index contributed by atoms with van der Waals surface area (Å²) in [6.45, 7) is 5.82. The number of thiophene rings is 1. The van der Waals surface area contributed by atoms with Crippen molar-refractivity contribution in [1.29, 1.82) is 0 Å². The Bertz CT molecular complexity index is 751. The summed E-state index contributed by atoms with van der Waals surface area (Å²) in [5, 5.41) is 5.07. The van der Waals surface area contributed by atoms with Crippen LogP contribution in [0.1, 0.15) is 15.2 Å². The van der Waals surface area contributed by atoms with E-state index in [1.165, 1.54) is 14.7 Å². The Morgan fingerprint density at radius 1 is 1.04 bits per heavy atom. The van der Waals surface area contributed by atoms with Crippen LogP contribution in [-0.4, -0.2) is 63.5 Å². The van der Waals surface area contributed by atoms with E-state index in [9.17, 15) is 9.59 Å². The van der Waals surface area contributed by atoms with E-state index >= 15 is 0 Å². The fourth-order valence-electron chi connectivity index (χ4n) is 3.36. The first kappa shape index (κ1) is 19.5. The van der Waals surface area contributed by atoms with Crippen LogP contribution in [-0.2, 0) is 11.3 Å². The molecule has 1 aromatic carbocycles. The summed E-state index contributed by atoms with van der Waals surface area (Å²) in [5.41, 5.74) is 1.35. The van der Waals surface area contributed by atoms with Crippen molar-refractivity contribution < 1.29 is 19.4 Å². The molecule has 3 N–H and O–H groups in total. The predicted octanol–water partition coefficient (Wildman–Crippen LogP) is -0.628. The van der Waals surface area contributed by atoms with E-state index in [0.717, 1.165) is 38.4 Å². The van der Waals surface area contributed by atoms with Gasteiger partial charge in [-0.1, -0.05) is 6.07 Å². The topological polar surface area (TPSA) is 58.3 Å². The number of hydrogen-bond acceptors (Lipinski definition) is 3. The van der Waals surface area contributed by atoms with Gasteiger partial charge in [0.05, 0.1) is 4.88 Å². The molecule has 0 spiro atoms. The highest BCUT2D eigenvalue weighted by atomic mass is 32.1. The molecule has 0 unspecified atom stereocenters. The zero-order valence-corrected chi connectivity index (χ0v) is 16.8. The Hall–Kier alpha value is -2.22. The lowest BCUT2D eigenvalue weighted by atomic mass is 10.2. The number of quaternary nitrogens is 2. The minimum atomic E-state index is -0.0414. The molecule has 0 atom stereocenters. The quantitative estimate of drug-likeness (QED) is 0.617. The van der Waals surface area contributed by atoms with Crippen molar-refractivity contribution >= 4 is 28.8 Å². The second kappa shape index (κ2) is 9.12. The summed E-state index contributed by atoms with van der Waals surface area (Å²) in [6, 6.07) is 11.4. The molecule has 0 saturated carbocycles. The number of hydrogen-bond donors (Lipinski definition) is 3. The Labute approximate surface area is 164 Å². The first-order valence-electron chi connectivity index (χ1n) is 9.32. The minimum absolute atomic E-state index is 0.0263. The van der Waals surface area contributed by atoms with E-state index in [1.54, 1.807) is 43.3 Å². The van der Waals surface area contributed by atoms with Crippen LogP contribution in [0.5, 0.6) is 0 Å². The molecular weight excluding hydrogens is 360 g/mol. The van der Waals surface area contributed by atoms with Gasteiger partial charge in [-0.15, -0.1) is 11.3 Å². The number of benzene rings is 1. The molecule has 2 amide bonds. The number of rotatable bonds is 6. The fraction of sp³-hybridized carbons (Fsp3) is 0.400. The highest BCUT2D eigenvalue weighted by Crippen LogP contribution is 2.10. The van der Waals surface area contributed by atoms with Gasteiger partial charge in [-0.05, 0) is 35.7 Å². The normalized spacial score (nSPS) is 19.5. The molecule has 0 aliphatic carbocycles. The highest BCUT2D eigenvalue weighted by Gasteiger charge is 2.25. The molecule has 0 bridgehead atoms. The number of nitrogens with one attached hydrogen (secondary N) is 3. The number of amides is 2. The van der Waals surface area contributed by atoms with Gasteiger partial charge >= 0.3 is 0 Å². The third-order valence-corrected chi connectivity index (χ3v) is 5.78. The van der Waals surface area contributed by atoms with Crippen LogP contribution in [0.15, 0.2) is 41.8 Å². The van der Waals surface area contributed by atoms with E-state index in [2.05, 4.69) is 22.8 Å². The molecule has 1 aliphatic rings. The first-order valence-corrected chi connectivity index (χ1v) is 10.2. The van der Waals surface area contributed by atoms with Crippen LogP contribution in [0.4, 0.5) is 5.69 Å². The minimum Gasteiger partial charge on any atom is -0.345 e. The fourth-order valence-corrected chi connectivity index (χ4v) is 4.13. The molecule has 1 saturated heterocycles. The molecule has 27 heavy (non-hydrogen) atoms. The van der Waals surface area contributed by atoms with Gasteiger partial charge in [0.1, 0.15) is 32.7 Å². The number of carbonyl (C=O) groups excluding carboxylic acids is 2. The summed E-state index contributed by atoms with van der Waals surface area (Å²) < 4.78 is 0. The molecule has 2 heterocycles. The van der Waals surface area contributed by atoms with E-state index in [4.69, 9.17) is 0 Å². The van der Waals surface area contributed by atoms with Crippen LogP contribution in [0.25, 0.3) is 0 Å². The predicted molar refractivity (Wildman–Crippen MR) is 107 cm³/mol. The maximum atomic E-state index is 12.3. The number of piperazine rings is 1. The second-order valence-corrected chi connectivity index (χ2v) is 8.29. The van der Waals surface area contributed by atoms with Crippen molar-refractivity contribution in [3.8, 4) is 0 Å². The van der Waals surface area contributed by atoms with Gasteiger partial charge in [0.15, 0.2) is 6.54 Å². The van der Waals surface area contributed by atoms with Gasteiger partial charge in [0.25, 0.3) is 11.8 Å². The smallest absolute Gasteiger partial charge is 0.279 e.